The zero-order chi connectivity index (χ0) is 11.6. The summed E-state index contributed by atoms with van der Waals surface area (Å²) in [6.45, 7) is 7.01. The molecule has 0 radical (unpaired) electrons. The normalized spacial score (nSPS) is 12.0. The van der Waals surface area contributed by atoms with Gasteiger partial charge in [-0.3, -0.25) is 0 Å². The van der Waals surface area contributed by atoms with Crippen LogP contribution in [0.4, 0.5) is 0 Å². The third-order valence-electron chi connectivity index (χ3n) is 3.47. The second-order valence-corrected chi connectivity index (χ2v) is 22.3. The van der Waals surface area contributed by atoms with Gasteiger partial charge in [-0.05, 0) is 0 Å². The molecule has 0 aliphatic heterocycles. The molecule has 2 heteroatoms. The van der Waals surface area contributed by atoms with E-state index in [1.165, 1.54) is 41.9 Å². The summed E-state index contributed by atoms with van der Waals surface area (Å²) in [5, 5.41) is 0. The topological polar surface area (TPSA) is 0 Å². The van der Waals surface area contributed by atoms with E-state index in [0.29, 0.717) is 0 Å². The van der Waals surface area contributed by atoms with Crippen LogP contribution in [0.15, 0.2) is 0 Å². The Kier molecular flexibility index (Phi) is 11.3. The van der Waals surface area contributed by atoms with Crippen molar-refractivity contribution in [3.05, 3.63) is 0 Å². The molecule has 0 nitrogen and oxygen atoms in total. The molecule has 0 spiro atoms. The first-order chi connectivity index (χ1) is 7.24. The molecule has 0 heterocycles. The van der Waals surface area contributed by atoms with Crippen LogP contribution in [0.1, 0.15) is 59.3 Å². The molecule has 0 rings (SSSR count). The molecule has 0 aromatic heterocycles. The van der Waals surface area contributed by atoms with Crippen LogP contribution in [0, 0.1) is 0 Å². The predicted molar refractivity (Wildman–Crippen MR) is 78.7 cm³/mol. The average molecular weight is 384 g/mol. The molecule has 0 amide bonds. The van der Waals surface area contributed by atoms with Crippen molar-refractivity contribution >= 4 is 34.3 Å². The molecule has 0 fully saturated rings. The summed E-state index contributed by atoms with van der Waals surface area (Å²) in [6, 6.07) is 0. The molecule has 0 saturated carbocycles. The van der Waals surface area contributed by atoms with Crippen LogP contribution in [0.3, 0.4) is 0 Å². The van der Waals surface area contributed by atoms with Crippen LogP contribution >= 0.6 is 15.9 Å². The number of alkyl halides is 1. The number of rotatable bonds is 10. The SMILES string of the molecule is CCC[CH2][Sn]([CH2]Br)([CH2]CCC)[CH2]CCC. The van der Waals surface area contributed by atoms with Gasteiger partial charge < -0.3 is 0 Å². The first-order valence-corrected chi connectivity index (χ1v) is 16.0. The molecule has 0 aliphatic carbocycles. The standard InChI is InChI=1S/3C4H9.CH2Br.Sn/c3*1-3-4-2;1-2;/h3*1,3-4H2,2H3;1H2;. The Bertz CT molecular complexity index is 115. The van der Waals surface area contributed by atoms with Gasteiger partial charge in [-0.15, -0.1) is 0 Å². The quantitative estimate of drug-likeness (QED) is 0.332. The summed E-state index contributed by atoms with van der Waals surface area (Å²) < 4.78 is 6.32. The number of unbranched alkanes of at least 4 members (excludes halogenated alkanes) is 3. The maximum atomic E-state index is 3.86. The second-order valence-electron chi connectivity index (χ2n) is 4.94. The van der Waals surface area contributed by atoms with Gasteiger partial charge in [-0.25, -0.2) is 0 Å². The van der Waals surface area contributed by atoms with E-state index in [9.17, 15) is 0 Å². The van der Waals surface area contributed by atoms with Crippen molar-refractivity contribution in [3.8, 4) is 0 Å². The Morgan fingerprint density at radius 2 is 1.07 bits per heavy atom. The molecule has 15 heavy (non-hydrogen) atoms. The first kappa shape index (κ1) is 16.3. The van der Waals surface area contributed by atoms with Gasteiger partial charge in [0.05, 0.1) is 0 Å². The Labute approximate surface area is 110 Å². The van der Waals surface area contributed by atoms with Crippen molar-refractivity contribution in [1.29, 1.82) is 0 Å². The van der Waals surface area contributed by atoms with Gasteiger partial charge in [0.1, 0.15) is 0 Å². The molecule has 0 bridgehead atoms. The van der Waals surface area contributed by atoms with E-state index in [-0.39, 0.29) is 0 Å². The van der Waals surface area contributed by atoms with E-state index in [2.05, 4.69) is 36.7 Å². The van der Waals surface area contributed by atoms with Gasteiger partial charge in [-0.2, -0.15) is 0 Å². The molecule has 0 aromatic carbocycles. The van der Waals surface area contributed by atoms with Gasteiger partial charge in [-0.1, -0.05) is 0 Å². The molecule has 0 aliphatic rings. The van der Waals surface area contributed by atoms with Gasteiger partial charge in [0.25, 0.3) is 0 Å². The molecule has 0 atom stereocenters. The summed E-state index contributed by atoms with van der Waals surface area (Å²) in [6.07, 6.45) is 8.66. The monoisotopic (exact) mass is 384 g/mol. The fourth-order valence-electron chi connectivity index (χ4n) is 2.23. The Morgan fingerprint density at radius 3 is 1.27 bits per heavy atom. The average Bonchev–Trinajstić information content (AvgIpc) is 2.29. The summed E-state index contributed by atoms with van der Waals surface area (Å²) >= 11 is 2.16. The van der Waals surface area contributed by atoms with Crippen molar-refractivity contribution in [2.24, 2.45) is 0 Å². The third kappa shape index (κ3) is 7.25. The molecular weight excluding hydrogens is 355 g/mol. The van der Waals surface area contributed by atoms with Crippen molar-refractivity contribution in [2.45, 2.75) is 72.6 Å². The van der Waals surface area contributed by atoms with E-state index < -0.39 is 18.4 Å². The van der Waals surface area contributed by atoms with E-state index >= 15 is 0 Å². The fourth-order valence-corrected chi connectivity index (χ4v) is 20.6. The minimum absolute atomic E-state index is 1.39. The summed E-state index contributed by atoms with van der Waals surface area (Å²) in [5.74, 6) is 0. The number of hydrogen-bond acceptors (Lipinski definition) is 0. The Morgan fingerprint density at radius 1 is 0.733 bits per heavy atom. The van der Waals surface area contributed by atoms with E-state index in [1.807, 2.05) is 0 Å². The molecular formula is C13H29BrSn. The number of halogens is 1. The third-order valence-corrected chi connectivity index (χ3v) is 25.2. The van der Waals surface area contributed by atoms with Crippen LogP contribution in [0.2, 0.25) is 13.3 Å². The second kappa shape index (κ2) is 10.4. The molecule has 0 saturated heterocycles. The Balaban J connectivity index is 4.16. The molecule has 0 N–H and O–H groups in total. The van der Waals surface area contributed by atoms with Crippen molar-refractivity contribution < 1.29 is 0 Å². The van der Waals surface area contributed by atoms with Crippen LogP contribution in [0.5, 0.6) is 0 Å². The van der Waals surface area contributed by atoms with E-state index in [0.717, 1.165) is 0 Å². The fraction of sp³-hybridized carbons (Fsp3) is 1.00. The summed E-state index contributed by atoms with van der Waals surface area (Å²) in [7, 11) is 0. The zero-order valence-electron chi connectivity index (χ0n) is 10.9. The maximum absolute atomic E-state index is 3.86. The van der Waals surface area contributed by atoms with Gasteiger partial charge >= 0.3 is 110 Å². The summed E-state index contributed by atoms with van der Waals surface area (Å²) in [4.78, 5) is 0. The van der Waals surface area contributed by atoms with Crippen LogP contribution in [-0.2, 0) is 0 Å². The van der Waals surface area contributed by atoms with Gasteiger partial charge in [0, 0.05) is 0 Å². The van der Waals surface area contributed by atoms with E-state index in [1.54, 1.807) is 13.3 Å². The van der Waals surface area contributed by atoms with Crippen LogP contribution < -0.4 is 0 Å². The van der Waals surface area contributed by atoms with Crippen molar-refractivity contribution in [3.63, 3.8) is 0 Å². The number of hydrogen-bond donors (Lipinski definition) is 0. The van der Waals surface area contributed by atoms with Gasteiger partial charge in [0.2, 0.25) is 0 Å². The summed E-state index contributed by atoms with van der Waals surface area (Å²) in [5.41, 5.74) is 0. The zero-order valence-corrected chi connectivity index (χ0v) is 15.4. The first-order valence-electron chi connectivity index (χ1n) is 6.80. The van der Waals surface area contributed by atoms with Crippen LogP contribution in [-0.4, -0.2) is 21.7 Å². The molecule has 92 valence electrons. The molecule has 0 aromatic rings. The predicted octanol–water partition coefficient (Wildman–Crippen LogP) is 5.77. The van der Waals surface area contributed by atoms with E-state index in [4.69, 9.17) is 0 Å². The Hall–Kier alpha value is 1.28. The van der Waals surface area contributed by atoms with Crippen molar-refractivity contribution in [2.75, 3.05) is 3.35 Å². The van der Waals surface area contributed by atoms with Crippen molar-refractivity contribution in [1.82, 2.24) is 0 Å². The van der Waals surface area contributed by atoms with Gasteiger partial charge in [0.15, 0.2) is 0 Å². The minimum atomic E-state index is -1.70. The van der Waals surface area contributed by atoms with Crippen LogP contribution in [0.25, 0.3) is 0 Å². The molecule has 0 unspecified atom stereocenters.